The van der Waals surface area contributed by atoms with Crippen LogP contribution in [0.3, 0.4) is 0 Å². The molecule has 0 aromatic carbocycles. The van der Waals surface area contributed by atoms with Gasteiger partial charge in [0.15, 0.2) is 28.4 Å². The van der Waals surface area contributed by atoms with E-state index in [1.54, 1.807) is 0 Å². The van der Waals surface area contributed by atoms with Crippen molar-refractivity contribution in [3.63, 3.8) is 0 Å². The number of nitrogens with zero attached hydrogens (tertiary/aromatic N) is 2. The summed E-state index contributed by atoms with van der Waals surface area (Å²) in [4.78, 5) is 0. The first kappa shape index (κ1) is 28.6. The van der Waals surface area contributed by atoms with E-state index < -0.39 is 39.4 Å². The van der Waals surface area contributed by atoms with E-state index in [0.717, 1.165) is 10.7 Å². The summed E-state index contributed by atoms with van der Waals surface area (Å²) < 4.78 is 116. The van der Waals surface area contributed by atoms with Crippen LogP contribution in [0.2, 0.25) is 19.6 Å². The van der Waals surface area contributed by atoms with E-state index in [4.69, 9.17) is 4.43 Å². The van der Waals surface area contributed by atoms with Crippen molar-refractivity contribution in [2.24, 2.45) is 0 Å². The van der Waals surface area contributed by atoms with Gasteiger partial charge in [0.2, 0.25) is 0 Å². The Labute approximate surface area is 168 Å². The molecule has 1 aliphatic rings. The van der Waals surface area contributed by atoms with Crippen LogP contribution in [-0.4, -0.2) is 73.9 Å². The second kappa shape index (κ2) is 9.80. The molecule has 0 aliphatic carbocycles. The van der Waals surface area contributed by atoms with Crippen LogP contribution in [0.15, 0.2) is 0 Å². The normalized spacial score (nSPS) is 18.7. The lowest BCUT2D eigenvalue weighted by molar-refractivity contribution is -0.914. The van der Waals surface area contributed by atoms with Crippen molar-refractivity contribution in [3.8, 4) is 0 Å². The number of hydrogen-bond donors (Lipinski definition) is 0. The minimum atomic E-state index is -6.72. The first-order chi connectivity index (χ1) is 12.6. The topological polar surface area (TPSA) is 91.6 Å². The zero-order chi connectivity index (χ0) is 23.4. The molecule has 0 unspecified atom stereocenters. The fourth-order valence-corrected chi connectivity index (χ4v) is 4.70. The number of hydrogen-bond acceptors (Lipinski definition) is 5. The lowest BCUT2D eigenvalue weighted by Crippen LogP contribution is -2.50. The first-order valence-corrected chi connectivity index (χ1v) is 14.8. The molecule has 7 nitrogen and oxygen atoms in total. The summed E-state index contributed by atoms with van der Waals surface area (Å²) >= 11 is 0. The summed E-state index contributed by atoms with van der Waals surface area (Å²) in [6, 6.07) is 0. The van der Waals surface area contributed by atoms with E-state index in [9.17, 15) is 43.2 Å². The molecular weight excluding hydrogens is 470 g/mol. The molecule has 0 spiro atoms. The Hall–Kier alpha value is -0.423. The van der Waals surface area contributed by atoms with E-state index in [1.165, 1.54) is 43.4 Å². The highest BCUT2D eigenvalue weighted by molar-refractivity contribution is 8.13. The number of halogens is 6. The van der Waals surface area contributed by atoms with E-state index >= 15 is 0 Å². The maximum absolute atomic E-state index is 11.4. The maximum Gasteiger partial charge on any atom is 0.480 e. The molecule has 0 atom stereocenters. The summed E-state index contributed by atoms with van der Waals surface area (Å²) in [7, 11) is -12.3. The number of sulfonamides is 2. The van der Waals surface area contributed by atoms with Gasteiger partial charge in [0, 0.05) is 0 Å². The van der Waals surface area contributed by atoms with Gasteiger partial charge >= 0.3 is 11.0 Å². The molecule has 29 heavy (non-hydrogen) atoms. The highest BCUT2D eigenvalue weighted by Gasteiger charge is 2.46. The number of likely N-dealkylation sites (tertiary alicyclic amines) is 1. The molecule has 176 valence electrons. The van der Waals surface area contributed by atoms with Crippen molar-refractivity contribution in [1.82, 2.24) is 0 Å². The molecule has 16 heteroatoms. The highest BCUT2D eigenvalue weighted by Crippen LogP contribution is 2.36. The number of quaternary nitrogens is 1. The SMILES string of the molecule is C[N+]1(CCO[Si](C)(C)C)CCCCC1.O=S(=O)([N-]S(=O)(=O)C(F)(F)F)C(F)(F)F. The van der Waals surface area contributed by atoms with Crippen LogP contribution in [0.4, 0.5) is 26.3 Å². The van der Waals surface area contributed by atoms with Crippen LogP contribution in [0, 0.1) is 0 Å². The fraction of sp³-hybridized carbons (Fsp3) is 1.00. The average molecular weight is 497 g/mol. The molecule has 0 aromatic rings. The Morgan fingerprint density at radius 1 is 0.862 bits per heavy atom. The predicted molar refractivity (Wildman–Crippen MR) is 97.2 cm³/mol. The van der Waals surface area contributed by atoms with E-state index in [2.05, 4.69) is 26.7 Å². The summed E-state index contributed by atoms with van der Waals surface area (Å²) in [5.74, 6) is 0. The van der Waals surface area contributed by atoms with Gasteiger partial charge in [-0.05, 0) is 38.9 Å². The minimum Gasteiger partial charge on any atom is -0.421 e. The molecule has 1 heterocycles. The van der Waals surface area contributed by atoms with Crippen molar-refractivity contribution >= 4 is 28.4 Å². The second-order valence-electron chi connectivity index (χ2n) is 7.73. The van der Waals surface area contributed by atoms with Gasteiger partial charge in [-0.15, -0.1) is 0 Å². The van der Waals surface area contributed by atoms with Gasteiger partial charge in [0.05, 0.1) is 26.7 Å². The molecule has 1 saturated heterocycles. The quantitative estimate of drug-likeness (QED) is 0.319. The molecule has 0 bridgehead atoms. The lowest BCUT2D eigenvalue weighted by atomic mass is 10.1. The zero-order valence-electron chi connectivity index (χ0n) is 16.5. The van der Waals surface area contributed by atoms with Gasteiger partial charge in [-0.3, -0.25) is 0 Å². The van der Waals surface area contributed by atoms with Crippen LogP contribution < -0.4 is 0 Å². The van der Waals surface area contributed by atoms with Crippen molar-refractivity contribution in [2.75, 3.05) is 33.3 Å². The van der Waals surface area contributed by atoms with Crippen molar-refractivity contribution in [3.05, 3.63) is 4.13 Å². The molecule has 0 saturated carbocycles. The standard InChI is InChI=1S/C11H26NOSi.C2F6NO4S2/c1-12(8-6-5-7-9-12)10-11-13-14(2,3)4;3-1(4,5)14(10,11)9-15(12,13)2(6,7)8/h5-11H2,1-4H3;/q+1;-1. The third-order valence-corrected chi connectivity index (χ3v) is 7.65. The Bertz CT molecular complexity index is 684. The number of rotatable bonds is 6. The van der Waals surface area contributed by atoms with Crippen molar-refractivity contribution in [1.29, 1.82) is 0 Å². The van der Waals surface area contributed by atoms with Gasteiger partial charge < -0.3 is 13.0 Å². The van der Waals surface area contributed by atoms with Gasteiger partial charge in [0.1, 0.15) is 6.54 Å². The fourth-order valence-electron chi connectivity index (χ4n) is 2.29. The number of likely N-dealkylation sites (N-methyl/N-ethyl adjacent to an activating group) is 1. The second-order valence-corrected chi connectivity index (χ2v) is 15.7. The third kappa shape index (κ3) is 10.4. The summed E-state index contributed by atoms with van der Waals surface area (Å²) in [5.41, 5.74) is -12.4. The smallest absolute Gasteiger partial charge is 0.421 e. The molecule has 0 N–H and O–H groups in total. The van der Waals surface area contributed by atoms with E-state index in [-0.39, 0.29) is 0 Å². The Kier molecular flexibility index (Phi) is 9.66. The van der Waals surface area contributed by atoms with Crippen LogP contribution in [-0.2, 0) is 24.5 Å². The number of piperidine rings is 1. The van der Waals surface area contributed by atoms with Crippen LogP contribution in [0.5, 0.6) is 0 Å². The van der Waals surface area contributed by atoms with Crippen molar-refractivity contribution < 1.29 is 52.1 Å². The molecule has 1 rings (SSSR count). The zero-order valence-corrected chi connectivity index (χ0v) is 19.1. The minimum absolute atomic E-state index is 0.778. The Balaban J connectivity index is 0.000000541. The lowest BCUT2D eigenvalue weighted by Gasteiger charge is -2.38. The summed E-state index contributed by atoms with van der Waals surface area (Å²) in [6.07, 6.45) is 4.25. The third-order valence-electron chi connectivity index (χ3n) is 3.84. The van der Waals surface area contributed by atoms with Gasteiger partial charge in [0.25, 0.3) is 0 Å². The van der Waals surface area contributed by atoms with Crippen LogP contribution in [0.25, 0.3) is 4.13 Å². The predicted octanol–water partition coefficient (Wildman–Crippen LogP) is 3.53. The first-order valence-electron chi connectivity index (χ1n) is 8.46. The van der Waals surface area contributed by atoms with Crippen molar-refractivity contribution in [2.45, 2.75) is 49.9 Å². The Morgan fingerprint density at radius 3 is 1.55 bits per heavy atom. The van der Waals surface area contributed by atoms with Gasteiger partial charge in [-0.25, -0.2) is 16.8 Å². The highest BCUT2D eigenvalue weighted by atomic mass is 32.3. The van der Waals surface area contributed by atoms with Crippen LogP contribution >= 0.6 is 0 Å². The number of alkyl halides is 6. The average Bonchev–Trinajstić information content (AvgIpc) is 2.43. The maximum atomic E-state index is 11.4. The summed E-state index contributed by atoms with van der Waals surface area (Å²) in [5, 5.41) is 0. The molecule has 0 radical (unpaired) electrons. The van der Waals surface area contributed by atoms with Crippen LogP contribution in [0.1, 0.15) is 19.3 Å². The van der Waals surface area contributed by atoms with E-state index in [1.807, 2.05) is 0 Å². The molecule has 0 amide bonds. The molecular formula is C13H26F6N2O5S2Si. The largest absolute Gasteiger partial charge is 0.480 e. The molecule has 1 fully saturated rings. The molecule has 0 aromatic heterocycles. The van der Waals surface area contributed by atoms with E-state index in [0.29, 0.717) is 0 Å². The Morgan fingerprint density at radius 2 is 1.24 bits per heavy atom. The molecule has 1 aliphatic heterocycles. The monoisotopic (exact) mass is 496 g/mol. The van der Waals surface area contributed by atoms with Gasteiger partial charge in [-0.1, -0.05) is 0 Å². The van der Waals surface area contributed by atoms with Gasteiger partial charge in [-0.2, -0.15) is 26.3 Å². The summed E-state index contributed by atoms with van der Waals surface area (Å²) in [6.45, 7) is 11.7.